The third-order valence-corrected chi connectivity index (χ3v) is 4.30. The lowest BCUT2D eigenvalue weighted by Crippen LogP contribution is -2.37. The molecule has 5 nitrogen and oxygen atoms in total. The molecular weight excluding hydrogens is 314 g/mol. The molecule has 0 saturated carbocycles. The molecule has 0 bridgehead atoms. The van der Waals surface area contributed by atoms with Crippen LogP contribution in [0.25, 0.3) is 0 Å². The van der Waals surface area contributed by atoms with E-state index < -0.39 is 0 Å². The van der Waals surface area contributed by atoms with Crippen LogP contribution in [0.3, 0.4) is 0 Å². The summed E-state index contributed by atoms with van der Waals surface area (Å²) < 4.78 is 5.52. The van der Waals surface area contributed by atoms with Crippen LogP contribution in [0.1, 0.15) is 23.7 Å². The molecule has 134 valence electrons. The number of amides is 1. The molecule has 0 radical (unpaired) electrons. The van der Waals surface area contributed by atoms with Gasteiger partial charge in [-0.25, -0.2) is 0 Å². The van der Waals surface area contributed by atoms with E-state index in [1.807, 2.05) is 57.3 Å². The summed E-state index contributed by atoms with van der Waals surface area (Å²) in [7, 11) is 1.85. The summed E-state index contributed by atoms with van der Waals surface area (Å²) in [6.45, 7) is 5.03. The van der Waals surface area contributed by atoms with Crippen LogP contribution >= 0.6 is 0 Å². The monoisotopic (exact) mass is 341 g/mol. The normalized spacial score (nSPS) is 11.8. The van der Waals surface area contributed by atoms with Crippen LogP contribution in [0.5, 0.6) is 5.75 Å². The Bertz CT molecular complexity index is 703. The van der Waals surface area contributed by atoms with Crippen molar-refractivity contribution in [1.82, 2.24) is 9.88 Å². The van der Waals surface area contributed by atoms with Gasteiger partial charge in [-0.15, -0.1) is 0 Å². The number of carbonyl (C=O) groups excluding carboxylic acids is 1. The lowest BCUT2D eigenvalue weighted by Gasteiger charge is -2.25. The quantitative estimate of drug-likeness (QED) is 0.800. The highest BCUT2D eigenvalue weighted by Crippen LogP contribution is 2.15. The Balaban J connectivity index is 1.96. The van der Waals surface area contributed by atoms with Gasteiger partial charge in [-0.1, -0.05) is 18.2 Å². The number of nitrogens with two attached hydrogens (primary N) is 1. The summed E-state index contributed by atoms with van der Waals surface area (Å²) in [4.78, 5) is 18.8. The Morgan fingerprint density at radius 2 is 2.12 bits per heavy atom. The van der Waals surface area contributed by atoms with Gasteiger partial charge in [-0.3, -0.25) is 9.78 Å². The Kier molecular flexibility index (Phi) is 6.95. The highest BCUT2D eigenvalue weighted by Gasteiger charge is 2.18. The number of carbonyl (C=O) groups is 1. The van der Waals surface area contributed by atoms with Crippen LogP contribution in [-0.4, -0.2) is 42.0 Å². The predicted molar refractivity (Wildman–Crippen MR) is 99.6 cm³/mol. The molecule has 2 N–H and O–H groups in total. The second-order valence-electron chi connectivity index (χ2n) is 6.29. The predicted octanol–water partition coefficient (Wildman–Crippen LogP) is 2.36. The van der Waals surface area contributed by atoms with Crippen molar-refractivity contribution in [3.05, 3.63) is 59.4 Å². The van der Waals surface area contributed by atoms with E-state index in [2.05, 4.69) is 4.98 Å². The van der Waals surface area contributed by atoms with E-state index in [4.69, 9.17) is 10.5 Å². The first-order chi connectivity index (χ1) is 12.0. The summed E-state index contributed by atoms with van der Waals surface area (Å²) in [5, 5.41) is 0. The standard InChI is InChI=1S/C20H27N3O2/c1-15-6-5-10-22-19(15)12-16(2)23(3)20(24)14-17-7-4-8-18(13-17)25-11-9-21/h4-8,10,13,16H,9,11-12,14,21H2,1-3H3. The van der Waals surface area contributed by atoms with Gasteiger partial charge in [0.1, 0.15) is 12.4 Å². The minimum absolute atomic E-state index is 0.0806. The maximum atomic E-state index is 12.6. The van der Waals surface area contributed by atoms with Gasteiger partial charge in [0.15, 0.2) is 0 Å². The zero-order valence-corrected chi connectivity index (χ0v) is 15.2. The number of aromatic nitrogens is 1. The fourth-order valence-electron chi connectivity index (χ4n) is 2.62. The van der Waals surface area contributed by atoms with Crippen molar-refractivity contribution in [2.24, 2.45) is 5.73 Å². The SMILES string of the molecule is Cc1cccnc1CC(C)N(C)C(=O)Cc1cccc(OCCN)c1. The molecule has 0 fully saturated rings. The third-order valence-electron chi connectivity index (χ3n) is 4.30. The van der Waals surface area contributed by atoms with Crippen molar-refractivity contribution < 1.29 is 9.53 Å². The molecule has 0 spiro atoms. The number of nitrogens with zero attached hydrogens (tertiary/aromatic N) is 2. The van der Waals surface area contributed by atoms with E-state index in [0.717, 1.165) is 29.0 Å². The molecule has 1 aromatic carbocycles. The fraction of sp³-hybridized carbons (Fsp3) is 0.400. The molecule has 0 aliphatic rings. The minimum atomic E-state index is 0.0806. The molecule has 1 amide bonds. The van der Waals surface area contributed by atoms with Gasteiger partial charge in [0.2, 0.25) is 5.91 Å². The molecule has 2 rings (SSSR count). The van der Waals surface area contributed by atoms with Gasteiger partial charge in [-0.2, -0.15) is 0 Å². The summed E-state index contributed by atoms with van der Waals surface area (Å²) >= 11 is 0. The van der Waals surface area contributed by atoms with Crippen LogP contribution in [0.4, 0.5) is 0 Å². The van der Waals surface area contributed by atoms with E-state index >= 15 is 0 Å². The van der Waals surface area contributed by atoms with Crippen LogP contribution in [0.15, 0.2) is 42.6 Å². The number of ether oxygens (including phenoxy) is 1. The van der Waals surface area contributed by atoms with Crippen molar-refractivity contribution in [2.45, 2.75) is 32.7 Å². The van der Waals surface area contributed by atoms with E-state index in [-0.39, 0.29) is 11.9 Å². The molecule has 0 saturated heterocycles. The minimum Gasteiger partial charge on any atom is -0.492 e. The number of rotatable bonds is 8. The summed E-state index contributed by atoms with van der Waals surface area (Å²) in [6.07, 6.45) is 2.89. The van der Waals surface area contributed by atoms with E-state index in [9.17, 15) is 4.79 Å². The van der Waals surface area contributed by atoms with Crippen LogP contribution in [0, 0.1) is 6.92 Å². The number of likely N-dealkylation sites (N-methyl/N-ethyl adjacent to an activating group) is 1. The van der Waals surface area contributed by atoms with E-state index in [1.165, 1.54) is 0 Å². The van der Waals surface area contributed by atoms with E-state index in [0.29, 0.717) is 19.6 Å². The van der Waals surface area contributed by atoms with Crippen molar-refractivity contribution in [3.8, 4) is 5.75 Å². The number of pyridine rings is 1. The van der Waals surface area contributed by atoms with Gasteiger partial charge in [-0.05, 0) is 43.2 Å². The van der Waals surface area contributed by atoms with Crippen LogP contribution in [-0.2, 0) is 17.6 Å². The van der Waals surface area contributed by atoms with Crippen molar-refractivity contribution in [2.75, 3.05) is 20.2 Å². The first kappa shape index (κ1) is 18.9. The Hall–Kier alpha value is -2.40. The number of benzene rings is 1. The van der Waals surface area contributed by atoms with Gasteiger partial charge in [0.25, 0.3) is 0 Å². The van der Waals surface area contributed by atoms with Crippen LogP contribution < -0.4 is 10.5 Å². The molecular formula is C20H27N3O2. The molecule has 2 aromatic rings. The second kappa shape index (κ2) is 9.18. The zero-order chi connectivity index (χ0) is 18.2. The number of aryl methyl sites for hydroxylation is 1. The lowest BCUT2D eigenvalue weighted by molar-refractivity contribution is -0.130. The molecule has 1 aromatic heterocycles. The lowest BCUT2D eigenvalue weighted by atomic mass is 10.1. The third kappa shape index (κ3) is 5.57. The van der Waals surface area contributed by atoms with Gasteiger partial charge < -0.3 is 15.4 Å². The van der Waals surface area contributed by atoms with Crippen molar-refractivity contribution >= 4 is 5.91 Å². The summed E-state index contributed by atoms with van der Waals surface area (Å²) in [5.74, 6) is 0.827. The molecule has 1 atom stereocenters. The van der Waals surface area contributed by atoms with Gasteiger partial charge in [0.05, 0.1) is 6.42 Å². The highest BCUT2D eigenvalue weighted by molar-refractivity contribution is 5.79. The van der Waals surface area contributed by atoms with E-state index in [1.54, 1.807) is 11.1 Å². The molecule has 0 aliphatic carbocycles. The largest absolute Gasteiger partial charge is 0.492 e. The van der Waals surface area contributed by atoms with Gasteiger partial charge >= 0.3 is 0 Å². The summed E-state index contributed by atoms with van der Waals surface area (Å²) in [6, 6.07) is 11.7. The van der Waals surface area contributed by atoms with Gasteiger partial charge in [0, 0.05) is 37.9 Å². The average molecular weight is 341 g/mol. The topological polar surface area (TPSA) is 68.5 Å². The Morgan fingerprint density at radius 1 is 1.32 bits per heavy atom. The number of hydrogen-bond donors (Lipinski definition) is 1. The molecule has 1 unspecified atom stereocenters. The Morgan fingerprint density at radius 3 is 2.84 bits per heavy atom. The fourth-order valence-corrected chi connectivity index (χ4v) is 2.62. The van der Waals surface area contributed by atoms with Crippen LogP contribution in [0.2, 0.25) is 0 Å². The first-order valence-electron chi connectivity index (χ1n) is 8.59. The first-order valence-corrected chi connectivity index (χ1v) is 8.59. The smallest absolute Gasteiger partial charge is 0.226 e. The maximum absolute atomic E-state index is 12.6. The maximum Gasteiger partial charge on any atom is 0.226 e. The second-order valence-corrected chi connectivity index (χ2v) is 6.29. The zero-order valence-electron chi connectivity index (χ0n) is 15.2. The van der Waals surface area contributed by atoms with Crippen molar-refractivity contribution in [3.63, 3.8) is 0 Å². The number of hydrogen-bond acceptors (Lipinski definition) is 4. The summed E-state index contributed by atoms with van der Waals surface area (Å²) in [5.41, 5.74) is 8.58. The Labute approximate surface area is 149 Å². The highest BCUT2D eigenvalue weighted by atomic mass is 16.5. The average Bonchev–Trinajstić information content (AvgIpc) is 2.61. The molecule has 1 heterocycles. The molecule has 25 heavy (non-hydrogen) atoms. The molecule has 5 heteroatoms. The molecule has 0 aliphatic heterocycles. The van der Waals surface area contributed by atoms with Crippen molar-refractivity contribution in [1.29, 1.82) is 0 Å².